The number of nitrogens with two attached hydrogens (primary N) is 5. The normalized spacial score (nSPS) is 13.6. The molecule has 0 fully saturated rings. The quantitative estimate of drug-likeness (QED) is 0.0267. The number of aliphatic hydroxyl groups is 1. The fourth-order valence-electron chi connectivity index (χ4n) is 9.86. The number of hydrogen-bond acceptors (Lipinski definition) is 18. The van der Waals surface area contributed by atoms with Crippen LogP contribution < -0.4 is 60.6 Å². The molecule has 24 nitrogen and oxygen atoms in total. The highest BCUT2D eigenvalue weighted by Gasteiger charge is 2.33. The van der Waals surface area contributed by atoms with Crippen LogP contribution in [0.3, 0.4) is 0 Å². The highest BCUT2D eigenvalue weighted by molar-refractivity contribution is 7.99. The maximum atomic E-state index is 14.1. The van der Waals surface area contributed by atoms with E-state index < -0.39 is 96.4 Å². The van der Waals surface area contributed by atoms with Crippen LogP contribution in [0.4, 0.5) is 0 Å². The van der Waals surface area contributed by atoms with Crippen molar-refractivity contribution in [2.45, 2.75) is 294 Å². The lowest BCUT2D eigenvalue weighted by Gasteiger charge is -2.27. The molecule has 89 heavy (non-hydrogen) atoms. The van der Waals surface area contributed by atoms with Crippen molar-refractivity contribution in [3.8, 4) is 0 Å². The smallest absolute Gasteiger partial charge is 0.326 e. The molecule has 0 unspecified atom stereocenters. The van der Waals surface area contributed by atoms with E-state index in [9.17, 15) is 53.4 Å². The van der Waals surface area contributed by atoms with Crippen molar-refractivity contribution in [3.63, 3.8) is 0 Å². The molecule has 0 aromatic rings. The van der Waals surface area contributed by atoms with Gasteiger partial charge in [0.15, 0.2) is 0 Å². The first-order valence-corrected chi connectivity index (χ1v) is 35.3. The summed E-state index contributed by atoms with van der Waals surface area (Å²) in [7, 11) is 0. The van der Waals surface area contributed by atoms with Gasteiger partial charge in [-0.05, 0) is 129 Å². The molecule has 25 heteroatoms. The Morgan fingerprint density at radius 1 is 0.416 bits per heavy atom. The topological polar surface area (TPSA) is 415 Å². The van der Waals surface area contributed by atoms with Crippen LogP contribution >= 0.6 is 11.8 Å². The second kappa shape index (κ2) is 58.4. The molecule has 518 valence electrons. The summed E-state index contributed by atoms with van der Waals surface area (Å²) in [4.78, 5) is 119. The van der Waals surface area contributed by atoms with Crippen molar-refractivity contribution in [1.82, 2.24) is 31.9 Å². The van der Waals surface area contributed by atoms with Crippen LogP contribution in [0.2, 0.25) is 0 Å². The van der Waals surface area contributed by atoms with Crippen LogP contribution in [0, 0.1) is 0 Å². The predicted octanol–water partition coefficient (Wildman–Crippen LogP) is 5.43. The Hall–Kier alpha value is -4.66. The number of hydrogen-bond donors (Lipinski definition) is 13. The number of rotatable bonds is 62. The van der Waals surface area contributed by atoms with Gasteiger partial charge in [0, 0.05) is 37.3 Å². The summed E-state index contributed by atoms with van der Waals surface area (Å²) in [5.41, 5.74) is 29.1. The molecular weight excluding hydrogens is 1160 g/mol. The molecule has 0 rings (SSSR count). The molecule has 0 saturated heterocycles. The van der Waals surface area contributed by atoms with Gasteiger partial charge in [0.1, 0.15) is 42.9 Å². The number of carboxylic acids is 1. The summed E-state index contributed by atoms with van der Waals surface area (Å²) in [5.74, 6) is -5.79. The summed E-state index contributed by atoms with van der Waals surface area (Å²) in [6.07, 6.45) is 27.7. The summed E-state index contributed by atoms with van der Waals surface area (Å²) in [6, 6.07) is -7.67. The van der Waals surface area contributed by atoms with Crippen LogP contribution in [0.25, 0.3) is 0 Å². The Labute approximate surface area is 537 Å². The third kappa shape index (κ3) is 47.0. The summed E-state index contributed by atoms with van der Waals surface area (Å²) in [5, 5.41) is 36.2. The van der Waals surface area contributed by atoms with E-state index in [4.69, 9.17) is 38.1 Å². The summed E-state index contributed by atoms with van der Waals surface area (Å²) >= 11 is 1.18. The first-order valence-electron chi connectivity index (χ1n) is 34.1. The number of unbranched alkanes of at least 4 members (excludes halogenated alkanes) is 23. The van der Waals surface area contributed by atoms with Crippen molar-refractivity contribution < 1.29 is 62.8 Å². The second-order valence-electron chi connectivity index (χ2n) is 23.6. The third-order valence-corrected chi connectivity index (χ3v) is 16.6. The number of aliphatic hydroxyl groups excluding tert-OH is 1. The monoisotopic (exact) mass is 1290 g/mol. The number of thioether (sulfide) groups is 1. The third-order valence-electron chi connectivity index (χ3n) is 15.4. The molecule has 0 aliphatic rings. The van der Waals surface area contributed by atoms with Crippen molar-refractivity contribution in [1.29, 1.82) is 0 Å². The molecule has 7 atom stereocenters. The van der Waals surface area contributed by atoms with Crippen LogP contribution in [0.15, 0.2) is 0 Å². The zero-order valence-corrected chi connectivity index (χ0v) is 55.6. The summed E-state index contributed by atoms with van der Waals surface area (Å²) in [6.45, 7) is 5.17. The van der Waals surface area contributed by atoms with Gasteiger partial charge in [-0.1, -0.05) is 129 Å². The number of aliphatic carboxylic acids is 1. The minimum Gasteiger partial charge on any atom is -0.480 e. The van der Waals surface area contributed by atoms with Gasteiger partial charge in [-0.2, -0.15) is 11.8 Å². The van der Waals surface area contributed by atoms with Gasteiger partial charge in [0.25, 0.3) is 0 Å². The molecule has 0 aliphatic carbocycles. The van der Waals surface area contributed by atoms with Gasteiger partial charge in [0.05, 0.1) is 12.6 Å². The van der Waals surface area contributed by atoms with Crippen LogP contribution in [0.1, 0.15) is 251 Å². The number of carboxylic acid groups (broad SMARTS) is 1. The lowest BCUT2D eigenvalue weighted by Crippen LogP contribution is -2.59. The fourth-order valence-corrected chi connectivity index (χ4v) is 10.8. The average molecular weight is 1290 g/mol. The highest BCUT2D eigenvalue weighted by Crippen LogP contribution is 2.17. The number of carbonyl (C=O) groups excluding carboxylic acids is 8. The number of nitrogens with one attached hydrogen (secondary N) is 6. The van der Waals surface area contributed by atoms with Crippen molar-refractivity contribution in [3.05, 3.63) is 0 Å². The largest absolute Gasteiger partial charge is 0.480 e. The predicted molar refractivity (Wildman–Crippen MR) is 352 cm³/mol. The number of esters is 2. The van der Waals surface area contributed by atoms with Crippen molar-refractivity contribution in [2.75, 3.05) is 57.4 Å². The maximum Gasteiger partial charge on any atom is 0.326 e. The van der Waals surface area contributed by atoms with E-state index in [1.807, 2.05) is 0 Å². The number of ether oxygens (including phenoxy) is 2. The van der Waals surface area contributed by atoms with Gasteiger partial charge in [0.2, 0.25) is 35.4 Å². The molecule has 0 heterocycles. The molecule has 0 bridgehead atoms. The average Bonchev–Trinajstić information content (AvgIpc) is 3.51. The minimum atomic E-state index is -1.55. The lowest BCUT2D eigenvalue weighted by molar-refractivity contribution is -0.157. The van der Waals surface area contributed by atoms with E-state index in [2.05, 4.69) is 45.7 Å². The second-order valence-corrected chi connectivity index (χ2v) is 24.6. The molecule has 0 aromatic carbocycles. The number of amides is 6. The Morgan fingerprint density at radius 2 is 0.775 bits per heavy atom. The van der Waals surface area contributed by atoms with E-state index in [1.165, 1.54) is 69.5 Å². The van der Waals surface area contributed by atoms with Gasteiger partial charge in [-0.25, -0.2) is 4.79 Å². The van der Waals surface area contributed by atoms with E-state index in [0.29, 0.717) is 96.8 Å². The highest BCUT2D eigenvalue weighted by atomic mass is 32.2. The van der Waals surface area contributed by atoms with Crippen LogP contribution in [0.5, 0.6) is 0 Å². The van der Waals surface area contributed by atoms with Crippen molar-refractivity contribution >= 4 is 65.1 Å². The molecule has 0 aromatic heterocycles. The zero-order valence-electron chi connectivity index (χ0n) is 54.7. The van der Waals surface area contributed by atoms with E-state index >= 15 is 0 Å². The molecule has 0 radical (unpaired) electrons. The molecule has 6 amide bonds. The lowest BCUT2D eigenvalue weighted by atomic mass is 10.0. The first kappa shape index (κ1) is 84.3. The molecule has 18 N–H and O–H groups in total. The Bertz CT molecular complexity index is 1900. The molecule has 0 spiro atoms. The van der Waals surface area contributed by atoms with E-state index in [1.54, 1.807) is 0 Å². The molecule has 0 aliphatic heterocycles. The first-order chi connectivity index (χ1) is 43.0. The fraction of sp³-hybridized carbons (Fsp3) is 0.859. The van der Waals surface area contributed by atoms with E-state index in [0.717, 1.165) is 70.6 Å². The molecular formula is C64H123N11O13S. The maximum absolute atomic E-state index is 14.1. The SMILES string of the molecule is CCCCCCCCCCCCCCCC(=O)O[C@H](COC(=O)CCCCCCCCNC(=O)CCCCC)CSC[C@H](N)C(=O)N[C@@H](CO)C(=O)N[C@@H](CCCCN)C(=O)N[C@@H](CCCCN)C(=O)N[C@@H](CCCCN)C(=O)N[C@@H](CCCCN)C(=O)O. The van der Waals surface area contributed by atoms with Gasteiger partial charge < -0.3 is 80.3 Å². The van der Waals surface area contributed by atoms with Gasteiger partial charge >= 0.3 is 17.9 Å². The minimum absolute atomic E-state index is 0.0139. The standard InChI is InChI=1S/C64H123N11O13S/c1-3-5-7-8-9-10-11-12-13-14-15-19-23-39-58(79)88-49(46-87-57(78)38-22-18-16-17-20-32-44-70-56(77)37-21-6-4-2)47-89-48-50(69)59(80)75-55(45-76)63(84)73-52(34-25-29-41-66)61(82)71-51(33-24-28-40-65)60(81)72-53(35-26-30-42-67)62(83)74-54(64(85)86)36-27-31-43-68/h49-55,76H,3-48,65-69H2,1-2H3,(H,70,77)(H,71,82)(H,72,81)(H,73,84)(H,74,83)(H,75,80)(H,85,86)/t49-,50+,51+,52+,53+,54+,55+/m1/s1. The van der Waals surface area contributed by atoms with Gasteiger partial charge in [-0.3, -0.25) is 38.4 Å². The van der Waals surface area contributed by atoms with Crippen LogP contribution in [-0.4, -0.2) is 163 Å². The van der Waals surface area contributed by atoms with Crippen molar-refractivity contribution in [2.24, 2.45) is 28.7 Å². The Kier molecular flexibility index (Phi) is 55.4. The molecule has 0 saturated carbocycles. The van der Waals surface area contributed by atoms with Crippen LogP contribution in [-0.2, 0) is 52.6 Å². The number of carbonyl (C=O) groups is 9. The zero-order chi connectivity index (χ0) is 66.1. The van der Waals surface area contributed by atoms with Gasteiger partial charge in [-0.15, -0.1) is 0 Å². The Morgan fingerprint density at radius 3 is 1.20 bits per heavy atom. The van der Waals surface area contributed by atoms with E-state index in [-0.39, 0.29) is 69.1 Å². The Balaban J connectivity index is 5.82. The summed E-state index contributed by atoms with van der Waals surface area (Å²) < 4.78 is 11.4.